The Labute approximate surface area is 87.5 Å². The Morgan fingerprint density at radius 1 is 1.29 bits per heavy atom. The first-order chi connectivity index (χ1) is 6.19. The molecule has 0 heterocycles. The zero-order chi connectivity index (χ0) is 11.4. The van der Waals surface area contributed by atoms with E-state index in [-0.39, 0.29) is 11.2 Å². The van der Waals surface area contributed by atoms with E-state index in [0.717, 1.165) is 0 Å². The normalized spacial score (nSPS) is 13.6. The minimum atomic E-state index is -3.10. The van der Waals surface area contributed by atoms with Gasteiger partial charge in [-0.2, -0.15) is 0 Å². The molecule has 2 N–H and O–H groups in total. The van der Waals surface area contributed by atoms with Crippen LogP contribution < -0.4 is 5.73 Å². The third-order valence-electron chi connectivity index (χ3n) is 2.03. The van der Waals surface area contributed by atoms with Crippen molar-refractivity contribution in [2.45, 2.75) is 27.2 Å². The van der Waals surface area contributed by atoms with Gasteiger partial charge in [-0.1, -0.05) is 20.8 Å². The fraction of sp³-hybridized carbons (Fsp3) is 1.00. The fourth-order valence-electron chi connectivity index (χ4n) is 0.912. The van der Waals surface area contributed by atoms with Gasteiger partial charge in [-0.3, -0.25) is 0 Å². The first-order valence-corrected chi connectivity index (χ1v) is 6.44. The summed E-state index contributed by atoms with van der Waals surface area (Å²) in [4.78, 5) is 0. The van der Waals surface area contributed by atoms with Crippen molar-refractivity contribution in [2.75, 3.05) is 25.9 Å². The highest BCUT2D eigenvalue weighted by atomic mass is 32.2. The van der Waals surface area contributed by atoms with Crippen LogP contribution >= 0.6 is 0 Å². The summed E-state index contributed by atoms with van der Waals surface area (Å²) in [7, 11) is -1.53. The van der Waals surface area contributed by atoms with Crippen molar-refractivity contribution in [1.82, 2.24) is 4.31 Å². The van der Waals surface area contributed by atoms with Crippen LogP contribution in [0.2, 0.25) is 0 Å². The summed E-state index contributed by atoms with van der Waals surface area (Å²) in [6, 6.07) is 0. The van der Waals surface area contributed by atoms with Gasteiger partial charge in [0.15, 0.2) is 0 Å². The molecular formula is C9H22N2O2S. The van der Waals surface area contributed by atoms with E-state index in [1.165, 1.54) is 4.31 Å². The lowest BCUT2D eigenvalue weighted by Gasteiger charge is -2.21. The number of rotatable bonds is 5. The van der Waals surface area contributed by atoms with Crippen molar-refractivity contribution in [2.24, 2.45) is 11.1 Å². The fourth-order valence-corrected chi connectivity index (χ4v) is 2.48. The molecule has 0 rings (SSSR count). The second kappa shape index (κ2) is 5.09. The van der Waals surface area contributed by atoms with Crippen LogP contribution in [0.25, 0.3) is 0 Å². The highest BCUT2D eigenvalue weighted by Crippen LogP contribution is 2.19. The Balaban J connectivity index is 4.22. The predicted octanol–water partition coefficient (Wildman–Crippen LogP) is 0.643. The van der Waals surface area contributed by atoms with E-state index >= 15 is 0 Å². The summed E-state index contributed by atoms with van der Waals surface area (Å²) >= 11 is 0. The van der Waals surface area contributed by atoms with Crippen molar-refractivity contribution in [3.05, 3.63) is 0 Å². The molecular weight excluding hydrogens is 200 g/mol. The summed E-state index contributed by atoms with van der Waals surface area (Å²) < 4.78 is 24.6. The lowest BCUT2D eigenvalue weighted by molar-refractivity contribution is 0.389. The van der Waals surface area contributed by atoms with E-state index in [1.807, 2.05) is 20.8 Å². The van der Waals surface area contributed by atoms with Crippen LogP contribution in [-0.4, -0.2) is 38.6 Å². The van der Waals surface area contributed by atoms with Gasteiger partial charge in [-0.15, -0.1) is 0 Å². The van der Waals surface area contributed by atoms with E-state index in [0.29, 0.717) is 19.5 Å². The third-order valence-corrected chi connectivity index (χ3v) is 3.88. The van der Waals surface area contributed by atoms with Gasteiger partial charge in [-0.05, 0) is 11.8 Å². The SMILES string of the molecule is CN(CCN)S(=O)(=O)CCC(C)(C)C. The molecule has 5 heteroatoms. The Morgan fingerprint density at radius 3 is 2.14 bits per heavy atom. The summed E-state index contributed by atoms with van der Waals surface area (Å²) in [6.45, 7) is 6.86. The molecule has 0 aliphatic rings. The van der Waals surface area contributed by atoms with Gasteiger partial charge in [0, 0.05) is 20.1 Å². The van der Waals surface area contributed by atoms with Gasteiger partial charge in [0.2, 0.25) is 10.0 Å². The van der Waals surface area contributed by atoms with E-state index < -0.39 is 10.0 Å². The largest absolute Gasteiger partial charge is 0.329 e. The van der Waals surface area contributed by atoms with Gasteiger partial charge in [0.05, 0.1) is 5.75 Å². The molecule has 0 aliphatic heterocycles. The van der Waals surface area contributed by atoms with E-state index in [9.17, 15) is 8.42 Å². The molecule has 0 fully saturated rings. The van der Waals surface area contributed by atoms with Gasteiger partial charge < -0.3 is 5.73 Å². The molecule has 0 aromatic heterocycles. The van der Waals surface area contributed by atoms with Crippen molar-refractivity contribution in [1.29, 1.82) is 0 Å². The third kappa shape index (κ3) is 5.57. The highest BCUT2D eigenvalue weighted by Gasteiger charge is 2.20. The maximum absolute atomic E-state index is 11.6. The number of hydrogen-bond donors (Lipinski definition) is 1. The number of nitrogens with zero attached hydrogens (tertiary/aromatic N) is 1. The van der Waals surface area contributed by atoms with Crippen molar-refractivity contribution in [3.8, 4) is 0 Å². The number of hydrogen-bond acceptors (Lipinski definition) is 3. The highest BCUT2D eigenvalue weighted by molar-refractivity contribution is 7.89. The molecule has 0 unspecified atom stereocenters. The van der Waals surface area contributed by atoms with Gasteiger partial charge in [-0.25, -0.2) is 12.7 Å². The quantitative estimate of drug-likeness (QED) is 0.742. The average Bonchev–Trinajstić information content (AvgIpc) is 2.00. The molecule has 0 aliphatic carbocycles. The zero-order valence-corrected chi connectivity index (χ0v) is 10.4. The molecule has 0 amide bonds. The Hall–Kier alpha value is -0.130. The van der Waals surface area contributed by atoms with E-state index in [1.54, 1.807) is 7.05 Å². The Morgan fingerprint density at radius 2 is 1.79 bits per heavy atom. The molecule has 0 aromatic rings. The van der Waals surface area contributed by atoms with Crippen LogP contribution in [0.1, 0.15) is 27.2 Å². The van der Waals surface area contributed by atoms with Crippen LogP contribution in [0.5, 0.6) is 0 Å². The second-order valence-corrected chi connectivity index (χ2v) is 6.93. The molecule has 0 saturated carbocycles. The van der Waals surface area contributed by atoms with E-state index in [4.69, 9.17) is 5.73 Å². The molecule has 0 saturated heterocycles. The average molecular weight is 222 g/mol. The molecule has 14 heavy (non-hydrogen) atoms. The summed E-state index contributed by atoms with van der Waals surface area (Å²) in [5.74, 6) is 0.201. The maximum Gasteiger partial charge on any atom is 0.213 e. The minimum absolute atomic E-state index is 0.0522. The zero-order valence-electron chi connectivity index (χ0n) is 9.58. The molecule has 0 radical (unpaired) electrons. The lowest BCUT2D eigenvalue weighted by Crippen LogP contribution is -2.34. The lowest BCUT2D eigenvalue weighted by atomic mass is 9.94. The topological polar surface area (TPSA) is 63.4 Å². The molecule has 4 nitrogen and oxygen atoms in total. The van der Waals surface area contributed by atoms with Gasteiger partial charge in [0.1, 0.15) is 0 Å². The van der Waals surface area contributed by atoms with Crippen molar-refractivity contribution >= 4 is 10.0 Å². The standard InChI is InChI=1S/C9H22N2O2S/c1-9(2,3)5-8-14(12,13)11(4)7-6-10/h5-8,10H2,1-4H3. The molecule has 0 atom stereocenters. The number of nitrogens with two attached hydrogens (primary N) is 1. The number of likely N-dealkylation sites (N-methyl/N-ethyl adjacent to an activating group) is 1. The summed E-state index contributed by atoms with van der Waals surface area (Å²) in [5, 5.41) is 0. The van der Waals surface area contributed by atoms with Gasteiger partial charge >= 0.3 is 0 Å². The van der Waals surface area contributed by atoms with Crippen LogP contribution in [-0.2, 0) is 10.0 Å². The van der Waals surface area contributed by atoms with Crippen LogP contribution in [0, 0.1) is 5.41 Å². The van der Waals surface area contributed by atoms with E-state index in [2.05, 4.69) is 0 Å². The summed E-state index contributed by atoms with van der Waals surface area (Å²) in [5.41, 5.74) is 5.35. The summed E-state index contributed by atoms with van der Waals surface area (Å²) in [6.07, 6.45) is 0.671. The first kappa shape index (κ1) is 13.9. The predicted molar refractivity (Wildman–Crippen MR) is 59.5 cm³/mol. The Bertz CT molecular complexity index is 254. The number of sulfonamides is 1. The van der Waals surface area contributed by atoms with Crippen LogP contribution in [0.15, 0.2) is 0 Å². The minimum Gasteiger partial charge on any atom is -0.329 e. The molecule has 0 bridgehead atoms. The monoisotopic (exact) mass is 222 g/mol. The van der Waals surface area contributed by atoms with Crippen molar-refractivity contribution < 1.29 is 8.42 Å². The van der Waals surface area contributed by atoms with Crippen LogP contribution in [0.4, 0.5) is 0 Å². The molecule has 86 valence electrons. The second-order valence-electron chi connectivity index (χ2n) is 4.74. The smallest absolute Gasteiger partial charge is 0.213 e. The van der Waals surface area contributed by atoms with Crippen molar-refractivity contribution in [3.63, 3.8) is 0 Å². The van der Waals surface area contributed by atoms with Gasteiger partial charge in [0.25, 0.3) is 0 Å². The Kier molecular flexibility index (Phi) is 5.05. The van der Waals surface area contributed by atoms with Crippen LogP contribution in [0.3, 0.4) is 0 Å². The maximum atomic E-state index is 11.6. The molecule has 0 spiro atoms. The molecule has 0 aromatic carbocycles. The first-order valence-electron chi connectivity index (χ1n) is 4.83.